The molecule has 0 spiro atoms. The minimum atomic E-state index is -2.76. The molecular formula is C129H123B3F4N6O6. The summed E-state index contributed by atoms with van der Waals surface area (Å²) in [5.74, 6) is 46.1. The number of halogens is 4. The molecule has 0 aliphatic carbocycles. The van der Waals surface area contributed by atoms with E-state index in [-0.39, 0.29) is 0 Å². The molecule has 3 aromatic heterocycles. The molecule has 12 nitrogen and oxygen atoms in total. The summed E-state index contributed by atoms with van der Waals surface area (Å²) in [7, 11) is -2.18. The number of aliphatic imine (C=N–C) groups is 3. The highest BCUT2D eigenvalue weighted by Crippen LogP contribution is 2.47. The lowest BCUT2D eigenvalue weighted by molar-refractivity contribution is 0.299. The van der Waals surface area contributed by atoms with E-state index < -0.39 is 21.7 Å². The molecule has 0 atom stereocenters. The van der Waals surface area contributed by atoms with Crippen LogP contribution in [0.25, 0.3) is 56.1 Å². The Kier molecular flexibility index (Phi) is 34.3. The van der Waals surface area contributed by atoms with Gasteiger partial charge in [0.15, 0.2) is 0 Å². The number of ether oxygens (including phenoxy) is 6. The van der Waals surface area contributed by atoms with Crippen molar-refractivity contribution in [3.8, 4) is 128 Å². The third-order valence-corrected chi connectivity index (χ3v) is 27.8. The molecule has 0 fully saturated rings. The lowest BCUT2D eigenvalue weighted by Crippen LogP contribution is -2.24. The van der Waals surface area contributed by atoms with Gasteiger partial charge in [-0.2, -0.15) is 0 Å². The molecular weight excluding hydrogens is 1840 g/mol. The molecule has 6 heterocycles. The third kappa shape index (κ3) is 22.8. The van der Waals surface area contributed by atoms with Crippen LogP contribution in [0.5, 0.6) is 34.5 Å². The molecule has 0 N–H and O–H groups in total. The van der Waals surface area contributed by atoms with Gasteiger partial charge in [0.1, 0.15) is 34.5 Å². The SMILES string of the molecule is CCCCOc1cc(C#Cc2ccc(C(=C3N=C(C)C(CC)=C3C)c3c(C)c(CC)c(C)n3B(F)F)cc2)c(OCCCC)cc1C#Cc1ccc(C#CB(C#Cc2ccc(C#Cc3cc(OCCCC)c(C#Cc4ccc(C(=C5N=C(C)C(CC)=C5C)c5c(C)c(CC)c(C)n5B(F)F)cc4)cc3OCCCC)cc2)n2c(C=C3N=Cc4cccc(-c5ccc(OC)cc5)c43)c3ccccc3c2-c2ccc(OC)cc2)cc1. The van der Waals surface area contributed by atoms with Crippen LogP contribution in [0.15, 0.2) is 261 Å². The van der Waals surface area contributed by atoms with E-state index in [9.17, 15) is 0 Å². The normalized spacial score (nSPS) is 13.2. The Morgan fingerprint density at radius 2 is 0.736 bits per heavy atom. The fraction of sp³-hybridized carbons (Fsp3) is 0.264. The van der Waals surface area contributed by atoms with E-state index in [2.05, 4.69) is 190 Å². The molecule has 148 heavy (non-hydrogen) atoms. The van der Waals surface area contributed by atoms with Crippen molar-refractivity contribution < 1.29 is 45.7 Å². The molecule has 16 rings (SSSR count). The topological polar surface area (TPSA) is 107 Å². The van der Waals surface area contributed by atoms with Gasteiger partial charge < -0.3 is 41.9 Å². The maximum Gasteiger partial charge on any atom is 0.677 e. The average molecular weight is 1960 g/mol. The molecule has 0 unspecified atom stereocenters. The number of benzene rings is 10. The Hall–Kier alpha value is -15.9. The number of hydrogen-bond donors (Lipinski definition) is 0. The number of fused-ring (bicyclic) bond motifs is 2. The van der Waals surface area contributed by atoms with Crippen LogP contribution >= 0.6 is 0 Å². The van der Waals surface area contributed by atoms with Gasteiger partial charge in [0.25, 0.3) is 0 Å². The van der Waals surface area contributed by atoms with Crippen LogP contribution in [0.3, 0.4) is 0 Å². The van der Waals surface area contributed by atoms with Crippen molar-refractivity contribution in [3.05, 3.63) is 375 Å². The first-order valence-corrected chi connectivity index (χ1v) is 51.6. The van der Waals surface area contributed by atoms with E-state index in [1.807, 2.05) is 207 Å². The van der Waals surface area contributed by atoms with Crippen LogP contribution in [-0.2, 0) is 12.8 Å². The molecule has 3 aliphatic heterocycles. The third-order valence-electron chi connectivity index (χ3n) is 27.8. The molecule has 0 radical (unpaired) electrons. The smallest absolute Gasteiger partial charge is 0.497 e. The van der Waals surface area contributed by atoms with Gasteiger partial charge in [-0.15, -0.1) is 11.6 Å². The van der Waals surface area contributed by atoms with Gasteiger partial charge >= 0.3 is 21.7 Å². The zero-order valence-corrected chi connectivity index (χ0v) is 88.1. The molecule has 0 amide bonds. The fourth-order valence-corrected chi connectivity index (χ4v) is 19.9. The monoisotopic (exact) mass is 1960 g/mol. The van der Waals surface area contributed by atoms with E-state index in [4.69, 9.17) is 43.4 Å². The van der Waals surface area contributed by atoms with Gasteiger partial charge in [-0.1, -0.05) is 219 Å². The summed E-state index contributed by atoms with van der Waals surface area (Å²) in [6.07, 6.45) is 13.8. The van der Waals surface area contributed by atoms with Gasteiger partial charge in [-0.05, 0) is 294 Å². The Balaban J connectivity index is 0.761. The van der Waals surface area contributed by atoms with Crippen molar-refractivity contribution in [2.75, 3.05) is 40.6 Å². The van der Waals surface area contributed by atoms with E-state index in [1.54, 1.807) is 28.1 Å². The molecule has 10 aromatic carbocycles. The average Bonchev–Trinajstić information content (AvgIpc) is 1.60. The number of hydrogen-bond acceptors (Lipinski definition) is 9. The molecule has 0 saturated heterocycles. The predicted octanol–water partition coefficient (Wildman–Crippen LogP) is 29.7. The summed E-state index contributed by atoms with van der Waals surface area (Å²) < 4.78 is 104. The van der Waals surface area contributed by atoms with Gasteiger partial charge in [0.2, 0.25) is 0 Å². The second-order valence-corrected chi connectivity index (χ2v) is 37.2. The molecule has 0 saturated carbocycles. The lowest BCUT2D eigenvalue weighted by atomic mass is 9.62. The zero-order valence-electron chi connectivity index (χ0n) is 88.1. The van der Waals surface area contributed by atoms with Crippen molar-refractivity contribution in [2.24, 2.45) is 15.0 Å². The summed E-state index contributed by atoms with van der Waals surface area (Å²) in [5, 5.41) is 1.95. The minimum Gasteiger partial charge on any atom is -0.497 e. The number of rotatable bonds is 32. The largest absolute Gasteiger partial charge is 0.677 e. The Labute approximate surface area is 872 Å². The zero-order chi connectivity index (χ0) is 104. The highest BCUT2D eigenvalue weighted by Gasteiger charge is 2.36. The predicted molar refractivity (Wildman–Crippen MR) is 604 cm³/mol. The van der Waals surface area contributed by atoms with Crippen LogP contribution < -0.4 is 28.4 Å². The summed E-state index contributed by atoms with van der Waals surface area (Å²) in [5.41, 5.74) is 30.2. The van der Waals surface area contributed by atoms with Crippen molar-refractivity contribution >= 4 is 73.0 Å². The Morgan fingerprint density at radius 1 is 0.378 bits per heavy atom. The van der Waals surface area contributed by atoms with Gasteiger partial charge in [-0.25, -0.2) is 0 Å². The van der Waals surface area contributed by atoms with Gasteiger partial charge in [0.05, 0.1) is 80.0 Å². The second kappa shape index (κ2) is 48.4. The maximum absolute atomic E-state index is 15.4. The van der Waals surface area contributed by atoms with Crippen LogP contribution in [-0.4, -0.2) is 93.4 Å². The second-order valence-electron chi connectivity index (χ2n) is 37.2. The summed E-state index contributed by atoms with van der Waals surface area (Å²) in [4.78, 5) is 15.4. The van der Waals surface area contributed by atoms with Crippen molar-refractivity contribution in [1.82, 2.24) is 13.4 Å². The van der Waals surface area contributed by atoms with Crippen LogP contribution in [0, 0.1) is 98.5 Å². The highest BCUT2D eigenvalue weighted by molar-refractivity contribution is 6.75. The first-order chi connectivity index (χ1) is 71.9. The quantitative estimate of drug-likeness (QED) is 0.0180. The molecule has 3 aliphatic rings. The summed E-state index contributed by atoms with van der Waals surface area (Å²) >= 11 is 0. The van der Waals surface area contributed by atoms with Crippen molar-refractivity contribution in [3.63, 3.8) is 0 Å². The molecule has 0 bridgehead atoms. The number of unbranched alkanes of at least 4 members (excludes halogenated alkanes) is 4. The van der Waals surface area contributed by atoms with E-state index >= 15 is 17.3 Å². The standard InChI is InChI=1S/C129H123B3F4N6O6/c1-19-27-74-145-118-80-104(60-52-94-46-54-99(55-47-94)123(125-84(9)109(23-5)88(13)138-125)127-86(11)111(25-7)90(15)140(127)131(133)134)120(147-76-29-21-3)78-102(118)58-50-92-38-42-96(43-39-92)70-72-130(142-117(114-35-31-32-36-115(114)129(142)101-64-68-108(144-18)69-65-101)82-116-122-106(83-137-116)34-33-37-113(122)98-62-66-107(143-17)67-63-98)73-71-97-44-40-93(41-45-97)51-59-103-79-121(148-77-30-22-4)105(81-119(103)146-75-28-20-2)61-53-95-48-56-100(57-49-95)124(126-85(10)110(24-6)89(14)139-126)128-87(12)112(26-8)91(16)141(128)132(135)136/h31-49,54-57,62-69,78-83H,19-30,74-77H2,1-18H3. The molecule has 742 valence electrons. The van der Waals surface area contributed by atoms with E-state index in [1.165, 1.54) is 8.96 Å². The van der Waals surface area contributed by atoms with Gasteiger partial charge in [0, 0.05) is 142 Å². The van der Waals surface area contributed by atoms with Gasteiger partial charge in [-0.3, -0.25) is 32.2 Å². The summed E-state index contributed by atoms with van der Waals surface area (Å²) in [6, 6.07) is 70.2. The summed E-state index contributed by atoms with van der Waals surface area (Å²) in [6.45, 7) is 33.3. The van der Waals surface area contributed by atoms with E-state index in [0.29, 0.717) is 136 Å². The van der Waals surface area contributed by atoms with Crippen LogP contribution in [0.2, 0.25) is 0 Å². The Bertz CT molecular complexity index is 7590. The molecule has 13 aromatic rings. The molecule has 19 heteroatoms. The minimum absolute atomic E-state index is 0.461. The van der Waals surface area contributed by atoms with Crippen molar-refractivity contribution in [2.45, 2.75) is 188 Å². The fourth-order valence-electron chi connectivity index (χ4n) is 19.9. The number of aromatic nitrogens is 3. The van der Waals surface area contributed by atoms with Crippen molar-refractivity contribution in [1.29, 1.82) is 0 Å². The first-order valence-electron chi connectivity index (χ1n) is 51.6. The number of methoxy groups -OCH3 is 2. The first kappa shape index (κ1) is 105. The Morgan fingerprint density at radius 3 is 1.08 bits per heavy atom. The van der Waals surface area contributed by atoms with Crippen LogP contribution in [0.1, 0.15) is 276 Å². The lowest BCUT2D eigenvalue weighted by Gasteiger charge is -2.17. The van der Waals surface area contributed by atoms with E-state index in [0.717, 1.165) is 226 Å². The highest BCUT2D eigenvalue weighted by atomic mass is 19.2. The van der Waals surface area contributed by atoms with Crippen LogP contribution in [0.4, 0.5) is 17.3 Å². The number of allylic oxidation sites excluding steroid dienone is 4. The number of nitrogens with zero attached hydrogens (tertiary/aromatic N) is 6. The maximum atomic E-state index is 15.4.